The Bertz CT molecular complexity index is 702. The molecule has 110 valence electrons. The van der Waals surface area contributed by atoms with Crippen molar-refractivity contribution < 1.29 is 14.3 Å². The van der Waals surface area contributed by atoms with E-state index >= 15 is 0 Å². The smallest absolute Gasteiger partial charge is 0.194 e. The van der Waals surface area contributed by atoms with E-state index in [0.717, 1.165) is 0 Å². The Kier molecular flexibility index (Phi) is 5.30. The Labute approximate surface area is 144 Å². The first-order chi connectivity index (χ1) is 9.97. The summed E-state index contributed by atoms with van der Waals surface area (Å²) in [5.41, 5.74) is 1.01. The zero-order valence-corrected chi connectivity index (χ0v) is 15.2. The highest BCUT2D eigenvalue weighted by Crippen LogP contribution is 2.35. The van der Waals surface area contributed by atoms with Crippen LogP contribution in [0.5, 0.6) is 11.5 Å². The summed E-state index contributed by atoms with van der Waals surface area (Å²) in [4.78, 5) is 12.6. The molecule has 0 aliphatic heterocycles. The van der Waals surface area contributed by atoms with Crippen molar-refractivity contribution in [1.29, 1.82) is 0 Å². The van der Waals surface area contributed by atoms with Crippen LogP contribution in [-0.2, 0) is 0 Å². The Morgan fingerprint density at radius 3 is 2.19 bits per heavy atom. The van der Waals surface area contributed by atoms with Crippen molar-refractivity contribution in [3.63, 3.8) is 0 Å². The zero-order valence-electron chi connectivity index (χ0n) is 11.2. The third-order valence-corrected chi connectivity index (χ3v) is 4.77. The van der Waals surface area contributed by atoms with E-state index in [9.17, 15) is 4.79 Å². The summed E-state index contributed by atoms with van der Waals surface area (Å²) < 4.78 is 11.7. The number of ether oxygens (including phenoxy) is 2. The maximum Gasteiger partial charge on any atom is 0.194 e. The molecular formula is C15H11Br2ClO3. The predicted molar refractivity (Wildman–Crippen MR) is 89.8 cm³/mol. The van der Waals surface area contributed by atoms with Gasteiger partial charge in [-0.05, 0) is 62.2 Å². The number of rotatable bonds is 4. The van der Waals surface area contributed by atoms with Gasteiger partial charge in [-0.15, -0.1) is 0 Å². The lowest BCUT2D eigenvalue weighted by Gasteiger charge is -2.11. The first kappa shape index (κ1) is 16.3. The first-order valence-corrected chi connectivity index (χ1v) is 7.85. The number of hydrogen-bond donors (Lipinski definition) is 0. The molecule has 0 spiro atoms. The Hall–Kier alpha value is -1.04. The van der Waals surface area contributed by atoms with Gasteiger partial charge in [0.15, 0.2) is 17.3 Å². The molecule has 0 atom stereocenters. The predicted octanol–water partition coefficient (Wildman–Crippen LogP) is 5.11. The SMILES string of the molecule is COc1cc(Br)c(C(=O)c2ccc(Cl)c(Br)c2)cc1OC. The minimum absolute atomic E-state index is 0.139. The third-order valence-electron chi connectivity index (χ3n) is 2.90. The van der Waals surface area contributed by atoms with Crippen LogP contribution in [0.15, 0.2) is 39.3 Å². The van der Waals surface area contributed by atoms with E-state index in [0.29, 0.717) is 36.6 Å². The minimum atomic E-state index is -0.139. The largest absolute Gasteiger partial charge is 0.493 e. The van der Waals surface area contributed by atoms with Gasteiger partial charge in [-0.25, -0.2) is 0 Å². The number of halogens is 3. The number of carbonyl (C=O) groups excluding carboxylic acids is 1. The van der Waals surface area contributed by atoms with E-state index in [2.05, 4.69) is 31.9 Å². The van der Waals surface area contributed by atoms with E-state index in [1.54, 1.807) is 37.4 Å². The van der Waals surface area contributed by atoms with Gasteiger partial charge in [0.2, 0.25) is 0 Å². The average molecular weight is 435 g/mol. The highest BCUT2D eigenvalue weighted by atomic mass is 79.9. The van der Waals surface area contributed by atoms with Crippen molar-refractivity contribution in [2.45, 2.75) is 0 Å². The molecule has 0 N–H and O–H groups in total. The molecule has 0 saturated heterocycles. The Morgan fingerprint density at radius 1 is 1.00 bits per heavy atom. The van der Waals surface area contributed by atoms with Crippen molar-refractivity contribution in [2.24, 2.45) is 0 Å². The molecule has 0 aliphatic rings. The lowest BCUT2D eigenvalue weighted by atomic mass is 10.0. The summed E-state index contributed by atoms with van der Waals surface area (Å²) in [5.74, 6) is 0.912. The van der Waals surface area contributed by atoms with Crippen LogP contribution in [0.2, 0.25) is 5.02 Å². The molecule has 0 aliphatic carbocycles. The topological polar surface area (TPSA) is 35.5 Å². The molecule has 2 aromatic carbocycles. The fourth-order valence-electron chi connectivity index (χ4n) is 1.82. The standard InChI is InChI=1S/C15H11Br2ClO3/c1-20-13-6-9(10(16)7-14(13)21-2)15(19)8-3-4-12(18)11(17)5-8/h3-7H,1-2H3. The molecule has 21 heavy (non-hydrogen) atoms. The number of methoxy groups -OCH3 is 2. The fourth-order valence-corrected chi connectivity index (χ4v) is 2.82. The normalized spacial score (nSPS) is 10.3. The molecule has 3 nitrogen and oxygen atoms in total. The van der Waals surface area contributed by atoms with Gasteiger partial charge in [-0.1, -0.05) is 11.6 Å². The molecule has 0 saturated carbocycles. The van der Waals surface area contributed by atoms with Crippen molar-refractivity contribution in [2.75, 3.05) is 14.2 Å². The van der Waals surface area contributed by atoms with Crippen LogP contribution in [0, 0.1) is 0 Å². The molecule has 0 radical (unpaired) electrons. The molecule has 0 fully saturated rings. The van der Waals surface area contributed by atoms with E-state index in [-0.39, 0.29) is 5.78 Å². The fraction of sp³-hybridized carbons (Fsp3) is 0.133. The summed E-state index contributed by atoms with van der Waals surface area (Å²) in [6, 6.07) is 8.39. The van der Waals surface area contributed by atoms with Crippen LogP contribution >= 0.6 is 43.5 Å². The summed E-state index contributed by atoms with van der Waals surface area (Å²) in [5, 5.41) is 0.554. The molecule has 0 unspecified atom stereocenters. The molecular weight excluding hydrogens is 423 g/mol. The summed E-state index contributed by atoms with van der Waals surface area (Å²) in [6.07, 6.45) is 0. The van der Waals surface area contributed by atoms with Gasteiger partial charge in [0.05, 0.1) is 19.2 Å². The monoisotopic (exact) mass is 432 g/mol. The van der Waals surface area contributed by atoms with Crippen molar-refractivity contribution in [3.05, 3.63) is 55.4 Å². The molecule has 0 amide bonds. The van der Waals surface area contributed by atoms with Crippen LogP contribution in [0.4, 0.5) is 0 Å². The van der Waals surface area contributed by atoms with Crippen molar-refractivity contribution in [3.8, 4) is 11.5 Å². The Balaban J connectivity index is 2.50. The van der Waals surface area contributed by atoms with Crippen molar-refractivity contribution in [1.82, 2.24) is 0 Å². The van der Waals surface area contributed by atoms with Crippen LogP contribution in [-0.4, -0.2) is 20.0 Å². The van der Waals surface area contributed by atoms with Crippen LogP contribution in [0.1, 0.15) is 15.9 Å². The molecule has 2 rings (SSSR count). The lowest BCUT2D eigenvalue weighted by molar-refractivity contribution is 0.103. The summed E-state index contributed by atoms with van der Waals surface area (Å²) in [7, 11) is 3.07. The van der Waals surface area contributed by atoms with E-state index in [1.165, 1.54) is 7.11 Å². The highest BCUT2D eigenvalue weighted by Gasteiger charge is 2.17. The molecule has 0 heterocycles. The van der Waals surface area contributed by atoms with Gasteiger partial charge >= 0.3 is 0 Å². The van der Waals surface area contributed by atoms with E-state index in [1.807, 2.05) is 0 Å². The van der Waals surface area contributed by atoms with E-state index in [4.69, 9.17) is 21.1 Å². The maximum atomic E-state index is 12.6. The average Bonchev–Trinajstić information content (AvgIpc) is 2.49. The highest BCUT2D eigenvalue weighted by molar-refractivity contribution is 9.10. The van der Waals surface area contributed by atoms with Gasteiger partial charge in [0.25, 0.3) is 0 Å². The molecule has 6 heteroatoms. The molecule has 2 aromatic rings. The second-order valence-electron chi connectivity index (χ2n) is 4.15. The van der Waals surface area contributed by atoms with Gasteiger partial charge in [-0.2, -0.15) is 0 Å². The van der Waals surface area contributed by atoms with Gasteiger partial charge in [-0.3, -0.25) is 4.79 Å². The third kappa shape index (κ3) is 3.42. The minimum Gasteiger partial charge on any atom is -0.493 e. The van der Waals surface area contributed by atoms with Crippen LogP contribution in [0.25, 0.3) is 0 Å². The first-order valence-electron chi connectivity index (χ1n) is 5.89. The lowest BCUT2D eigenvalue weighted by Crippen LogP contribution is -2.04. The second kappa shape index (κ2) is 6.81. The Morgan fingerprint density at radius 2 is 1.62 bits per heavy atom. The van der Waals surface area contributed by atoms with Gasteiger partial charge in [0, 0.05) is 20.1 Å². The number of benzene rings is 2. The zero-order chi connectivity index (χ0) is 15.6. The quantitative estimate of drug-likeness (QED) is 0.627. The summed E-state index contributed by atoms with van der Waals surface area (Å²) >= 11 is 12.6. The number of carbonyl (C=O) groups is 1. The van der Waals surface area contributed by atoms with Gasteiger partial charge < -0.3 is 9.47 Å². The number of ketones is 1. The molecule has 0 bridgehead atoms. The maximum absolute atomic E-state index is 12.6. The van der Waals surface area contributed by atoms with Crippen molar-refractivity contribution >= 4 is 49.2 Å². The van der Waals surface area contributed by atoms with Crippen LogP contribution in [0.3, 0.4) is 0 Å². The van der Waals surface area contributed by atoms with Crippen LogP contribution < -0.4 is 9.47 Å². The molecule has 0 aromatic heterocycles. The summed E-state index contributed by atoms with van der Waals surface area (Å²) in [6.45, 7) is 0. The number of hydrogen-bond acceptors (Lipinski definition) is 3. The van der Waals surface area contributed by atoms with Gasteiger partial charge in [0.1, 0.15) is 0 Å². The second-order valence-corrected chi connectivity index (χ2v) is 6.26. The van der Waals surface area contributed by atoms with E-state index < -0.39 is 0 Å².